The maximum absolute atomic E-state index is 8.93. The Labute approximate surface area is 102 Å². The number of aliphatic hydroxyl groups is 1. The standard InChI is InChI=1S/C11H12BrN3O/c1-15-9(5-7-16)14-11(12)10(15)8-4-2-3-6-13-8/h2-4,6,16H,5,7H2,1H3. The van der Waals surface area contributed by atoms with Gasteiger partial charge in [-0.15, -0.1) is 0 Å². The number of halogens is 1. The third kappa shape index (κ3) is 2.01. The molecule has 0 saturated heterocycles. The molecule has 0 unspecified atom stereocenters. The lowest BCUT2D eigenvalue weighted by Crippen LogP contribution is -2.02. The molecule has 4 nitrogen and oxygen atoms in total. The molecular formula is C11H12BrN3O. The number of pyridine rings is 1. The van der Waals surface area contributed by atoms with Crippen molar-refractivity contribution in [3.63, 3.8) is 0 Å². The Bertz CT molecular complexity index is 481. The first kappa shape index (κ1) is 11.3. The average Bonchev–Trinajstić information content (AvgIpc) is 2.56. The zero-order valence-corrected chi connectivity index (χ0v) is 10.5. The lowest BCUT2D eigenvalue weighted by atomic mass is 10.3. The van der Waals surface area contributed by atoms with E-state index in [0.717, 1.165) is 21.8 Å². The minimum Gasteiger partial charge on any atom is -0.396 e. The number of nitrogens with zero attached hydrogens (tertiary/aromatic N) is 3. The number of rotatable bonds is 3. The van der Waals surface area contributed by atoms with Gasteiger partial charge in [-0.05, 0) is 28.1 Å². The van der Waals surface area contributed by atoms with Crippen LogP contribution < -0.4 is 0 Å². The number of hydrogen-bond donors (Lipinski definition) is 1. The van der Waals surface area contributed by atoms with E-state index in [1.54, 1.807) is 6.20 Å². The zero-order valence-electron chi connectivity index (χ0n) is 8.89. The molecule has 0 fully saturated rings. The molecule has 84 valence electrons. The lowest BCUT2D eigenvalue weighted by Gasteiger charge is -2.04. The number of hydrogen-bond acceptors (Lipinski definition) is 3. The summed E-state index contributed by atoms with van der Waals surface area (Å²) in [5, 5.41) is 8.93. The van der Waals surface area contributed by atoms with Crippen LogP contribution in [0.3, 0.4) is 0 Å². The predicted octanol–water partition coefficient (Wildman–Crippen LogP) is 1.78. The second-order valence-corrected chi connectivity index (χ2v) is 4.17. The summed E-state index contributed by atoms with van der Waals surface area (Å²) in [5.41, 5.74) is 1.80. The van der Waals surface area contributed by atoms with E-state index in [1.807, 2.05) is 29.8 Å². The summed E-state index contributed by atoms with van der Waals surface area (Å²) >= 11 is 3.42. The van der Waals surface area contributed by atoms with E-state index < -0.39 is 0 Å². The highest BCUT2D eigenvalue weighted by Gasteiger charge is 2.14. The van der Waals surface area contributed by atoms with Crippen LogP contribution >= 0.6 is 15.9 Å². The minimum atomic E-state index is 0.0962. The van der Waals surface area contributed by atoms with E-state index in [4.69, 9.17) is 5.11 Å². The quantitative estimate of drug-likeness (QED) is 0.933. The van der Waals surface area contributed by atoms with Gasteiger partial charge in [-0.3, -0.25) is 4.98 Å². The third-order valence-corrected chi connectivity index (χ3v) is 2.94. The largest absolute Gasteiger partial charge is 0.396 e. The topological polar surface area (TPSA) is 50.9 Å². The molecule has 0 bridgehead atoms. The van der Waals surface area contributed by atoms with Gasteiger partial charge in [0.25, 0.3) is 0 Å². The molecule has 2 rings (SSSR count). The van der Waals surface area contributed by atoms with Crippen molar-refractivity contribution >= 4 is 15.9 Å². The van der Waals surface area contributed by atoms with Gasteiger partial charge in [-0.1, -0.05) is 6.07 Å². The molecule has 0 spiro atoms. The van der Waals surface area contributed by atoms with E-state index in [9.17, 15) is 0 Å². The number of imidazole rings is 1. The Balaban J connectivity index is 2.49. The first-order valence-electron chi connectivity index (χ1n) is 4.97. The summed E-state index contributed by atoms with van der Waals surface area (Å²) in [4.78, 5) is 8.65. The number of aliphatic hydroxyl groups excluding tert-OH is 1. The van der Waals surface area contributed by atoms with Crippen molar-refractivity contribution in [3.8, 4) is 11.4 Å². The molecule has 2 aromatic heterocycles. The molecular weight excluding hydrogens is 270 g/mol. The fraction of sp³-hybridized carbons (Fsp3) is 0.273. The smallest absolute Gasteiger partial charge is 0.134 e. The molecule has 0 aliphatic carbocycles. The van der Waals surface area contributed by atoms with Crippen molar-refractivity contribution in [2.45, 2.75) is 6.42 Å². The van der Waals surface area contributed by atoms with E-state index in [2.05, 4.69) is 25.9 Å². The van der Waals surface area contributed by atoms with Crippen molar-refractivity contribution in [1.29, 1.82) is 0 Å². The molecule has 2 heterocycles. The third-order valence-electron chi connectivity index (χ3n) is 2.39. The van der Waals surface area contributed by atoms with Gasteiger partial charge in [-0.25, -0.2) is 4.98 Å². The van der Waals surface area contributed by atoms with Crippen LogP contribution in [-0.4, -0.2) is 26.2 Å². The molecule has 0 saturated carbocycles. The Morgan fingerprint density at radius 1 is 1.44 bits per heavy atom. The van der Waals surface area contributed by atoms with Crippen LogP contribution in [0.1, 0.15) is 5.82 Å². The van der Waals surface area contributed by atoms with Crippen LogP contribution in [0.15, 0.2) is 29.0 Å². The molecule has 5 heteroatoms. The predicted molar refractivity (Wildman–Crippen MR) is 64.9 cm³/mol. The SMILES string of the molecule is Cn1c(CCO)nc(Br)c1-c1ccccn1. The molecule has 0 atom stereocenters. The second kappa shape index (κ2) is 4.76. The van der Waals surface area contributed by atoms with Crippen LogP contribution in [0.4, 0.5) is 0 Å². The Hall–Kier alpha value is -1.20. The average molecular weight is 282 g/mol. The van der Waals surface area contributed by atoms with Gasteiger partial charge >= 0.3 is 0 Å². The summed E-state index contributed by atoms with van der Waals surface area (Å²) in [6, 6.07) is 5.75. The van der Waals surface area contributed by atoms with Gasteiger partial charge in [0.1, 0.15) is 16.1 Å². The van der Waals surface area contributed by atoms with Gasteiger partial charge in [-0.2, -0.15) is 0 Å². The van der Waals surface area contributed by atoms with Crippen molar-refractivity contribution in [3.05, 3.63) is 34.8 Å². The minimum absolute atomic E-state index is 0.0962. The monoisotopic (exact) mass is 281 g/mol. The highest BCUT2D eigenvalue weighted by atomic mass is 79.9. The first-order chi connectivity index (χ1) is 7.74. The van der Waals surface area contributed by atoms with Crippen LogP contribution in [-0.2, 0) is 13.5 Å². The molecule has 0 radical (unpaired) electrons. The Morgan fingerprint density at radius 3 is 2.88 bits per heavy atom. The molecule has 2 aromatic rings. The van der Waals surface area contributed by atoms with Crippen LogP contribution in [0.2, 0.25) is 0 Å². The van der Waals surface area contributed by atoms with Gasteiger partial charge < -0.3 is 9.67 Å². The summed E-state index contributed by atoms with van der Waals surface area (Å²) in [6.45, 7) is 0.0962. The molecule has 16 heavy (non-hydrogen) atoms. The first-order valence-corrected chi connectivity index (χ1v) is 5.76. The maximum Gasteiger partial charge on any atom is 0.134 e. The molecule has 0 aliphatic heterocycles. The van der Waals surface area contributed by atoms with E-state index in [-0.39, 0.29) is 6.61 Å². The Kier molecular flexibility index (Phi) is 3.36. The van der Waals surface area contributed by atoms with E-state index >= 15 is 0 Å². The molecule has 0 aromatic carbocycles. The molecule has 0 aliphatic rings. The van der Waals surface area contributed by atoms with Crippen molar-refractivity contribution in [2.24, 2.45) is 7.05 Å². The van der Waals surface area contributed by atoms with Gasteiger partial charge in [0.15, 0.2) is 0 Å². The van der Waals surface area contributed by atoms with Crippen molar-refractivity contribution < 1.29 is 5.11 Å². The van der Waals surface area contributed by atoms with Crippen molar-refractivity contribution in [1.82, 2.24) is 14.5 Å². The number of aromatic nitrogens is 3. The molecule has 0 amide bonds. The fourth-order valence-electron chi connectivity index (χ4n) is 1.61. The van der Waals surface area contributed by atoms with Crippen molar-refractivity contribution in [2.75, 3.05) is 6.61 Å². The zero-order chi connectivity index (χ0) is 11.5. The van der Waals surface area contributed by atoms with Gasteiger partial charge in [0.05, 0.1) is 12.3 Å². The van der Waals surface area contributed by atoms with E-state index in [1.165, 1.54) is 0 Å². The summed E-state index contributed by atoms with van der Waals surface area (Å²) in [7, 11) is 1.92. The highest BCUT2D eigenvalue weighted by Crippen LogP contribution is 2.26. The second-order valence-electron chi connectivity index (χ2n) is 3.42. The fourth-order valence-corrected chi connectivity index (χ4v) is 2.29. The maximum atomic E-state index is 8.93. The van der Waals surface area contributed by atoms with Crippen LogP contribution in [0, 0.1) is 0 Å². The van der Waals surface area contributed by atoms with Crippen LogP contribution in [0.25, 0.3) is 11.4 Å². The van der Waals surface area contributed by atoms with E-state index in [0.29, 0.717) is 6.42 Å². The summed E-state index contributed by atoms with van der Waals surface area (Å²) in [6.07, 6.45) is 2.29. The summed E-state index contributed by atoms with van der Waals surface area (Å²) in [5.74, 6) is 0.843. The van der Waals surface area contributed by atoms with Gasteiger partial charge in [0.2, 0.25) is 0 Å². The molecule has 1 N–H and O–H groups in total. The lowest BCUT2D eigenvalue weighted by molar-refractivity contribution is 0.295. The van der Waals surface area contributed by atoms with Crippen LogP contribution in [0.5, 0.6) is 0 Å². The Morgan fingerprint density at radius 2 is 2.25 bits per heavy atom. The highest BCUT2D eigenvalue weighted by molar-refractivity contribution is 9.10. The van der Waals surface area contributed by atoms with Gasteiger partial charge in [0, 0.05) is 19.7 Å². The normalized spacial score (nSPS) is 10.7. The summed E-state index contributed by atoms with van der Waals surface area (Å²) < 4.78 is 2.71.